The normalized spacial score (nSPS) is 17.3. The molecule has 2 aliphatic rings. The van der Waals surface area contributed by atoms with Gasteiger partial charge in [0.05, 0.1) is 18.6 Å². The van der Waals surface area contributed by atoms with E-state index < -0.39 is 96.3 Å². The van der Waals surface area contributed by atoms with Gasteiger partial charge < -0.3 is 78.7 Å². The van der Waals surface area contributed by atoms with Crippen LogP contribution >= 0.6 is 0 Å². The number of amides is 9. The first-order valence-corrected chi connectivity index (χ1v) is 26.5. The van der Waals surface area contributed by atoms with Crippen LogP contribution in [0.1, 0.15) is 82.5 Å². The molecular weight excluding hydrogens is 1020 g/mol. The molecular formula is C53H73N15O11. The van der Waals surface area contributed by atoms with E-state index in [2.05, 4.69) is 62.8 Å². The fraction of sp³-hybridized carbons (Fsp3) is 0.491. The molecule has 0 unspecified atom stereocenters. The highest BCUT2D eigenvalue weighted by atomic mass is 16.3. The van der Waals surface area contributed by atoms with Crippen molar-refractivity contribution in [3.63, 3.8) is 0 Å². The number of aromatic amines is 2. The number of phenolic OH excluding ortho intramolecular Hbond substituents is 1. The van der Waals surface area contributed by atoms with E-state index in [1.54, 1.807) is 25.3 Å². The molecule has 426 valence electrons. The van der Waals surface area contributed by atoms with Gasteiger partial charge >= 0.3 is 0 Å². The molecule has 0 radical (unpaired) electrons. The smallest absolute Gasteiger partial charge is 0.245 e. The van der Waals surface area contributed by atoms with E-state index in [1.165, 1.54) is 41.7 Å². The van der Waals surface area contributed by atoms with Gasteiger partial charge in [-0.15, -0.1) is 0 Å². The largest absolute Gasteiger partial charge is 0.508 e. The van der Waals surface area contributed by atoms with E-state index >= 15 is 0 Å². The number of H-pyrrole nitrogens is 2. The average molecular weight is 1100 g/mol. The minimum Gasteiger partial charge on any atom is -0.508 e. The van der Waals surface area contributed by atoms with Gasteiger partial charge in [0.15, 0.2) is 5.96 Å². The molecule has 4 aromatic rings. The van der Waals surface area contributed by atoms with Crippen molar-refractivity contribution in [2.75, 3.05) is 26.2 Å². The summed E-state index contributed by atoms with van der Waals surface area (Å²) in [4.78, 5) is 136. The Morgan fingerprint density at radius 1 is 0.772 bits per heavy atom. The number of fused-ring (bicyclic) bond motifs is 1. The zero-order chi connectivity index (χ0) is 57.2. The fourth-order valence-corrected chi connectivity index (χ4v) is 9.55. The van der Waals surface area contributed by atoms with Crippen LogP contribution in [0.25, 0.3) is 10.9 Å². The molecule has 16 N–H and O–H groups in total. The Morgan fingerprint density at radius 3 is 2.04 bits per heavy atom. The lowest BCUT2D eigenvalue weighted by atomic mass is 10.00. The lowest BCUT2D eigenvalue weighted by molar-refractivity contribution is -0.142. The molecule has 4 heterocycles. The molecule has 0 saturated carbocycles. The number of nitrogens with one attached hydrogen (secondary N) is 12. The highest BCUT2D eigenvalue weighted by molar-refractivity contribution is 5.99. The SMILES string of the molecule is CCNC(=O)[C@@H]1CCCN1C(=O)[C@H](CCCNC(=N)N)NC(=O)[C@@H](CC(C)C)NC(=O)[C@H](Cc1ccc(O)cc1)NC(=O)[C@H](CO)NC(=O)[C@H](Cc1c[nH]c2ccccc12)NC(=O)[C@H](Cc1c[nH]cn1)NC(=O)[C@@H]1CCC(=O)N1. The molecule has 0 bridgehead atoms. The van der Waals surface area contributed by atoms with Gasteiger partial charge in [-0.3, -0.25) is 48.6 Å². The maximum Gasteiger partial charge on any atom is 0.245 e. The number of carbonyl (C=O) groups excluding carboxylic acids is 9. The van der Waals surface area contributed by atoms with Gasteiger partial charge in [-0.05, 0) is 80.7 Å². The number of likely N-dealkylation sites (tertiary alicyclic amines) is 1. The number of guanidine groups is 1. The summed E-state index contributed by atoms with van der Waals surface area (Å²) >= 11 is 0. The van der Waals surface area contributed by atoms with Crippen LogP contribution in [-0.4, -0.2) is 164 Å². The maximum atomic E-state index is 14.6. The van der Waals surface area contributed by atoms with Crippen molar-refractivity contribution >= 4 is 70.0 Å². The van der Waals surface area contributed by atoms with Crippen LogP contribution in [0.15, 0.2) is 67.3 Å². The average Bonchev–Trinajstić information content (AvgIpc) is 4.33. The molecule has 2 fully saturated rings. The van der Waals surface area contributed by atoms with Gasteiger partial charge in [-0.25, -0.2) is 4.98 Å². The van der Waals surface area contributed by atoms with Crippen LogP contribution in [0.4, 0.5) is 0 Å². The van der Waals surface area contributed by atoms with Crippen LogP contribution in [0.5, 0.6) is 5.75 Å². The Labute approximate surface area is 456 Å². The summed E-state index contributed by atoms with van der Waals surface area (Å²) in [6.45, 7) is 5.22. The quantitative estimate of drug-likeness (QED) is 0.0170. The number of hydrogen-bond acceptors (Lipinski definition) is 13. The van der Waals surface area contributed by atoms with Crippen molar-refractivity contribution in [2.24, 2.45) is 11.7 Å². The van der Waals surface area contributed by atoms with Crippen LogP contribution in [0.2, 0.25) is 0 Å². The van der Waals surface area contributed by atoms with E-state index in [-0.39, 0.29) is 93.9 Å². The highest BCUT2D eigenvalue weighted by Crippen LogP contribution is 2.22. The highest BCUT2D eigenvalue weighted by Gasteiger charge is 2.39. The molecule has 6 rings (SSSR count). The lowest BCUT2D eigenvalue weighted by Crippen LogP contribution is -2.61. The second kappa shape index (κ2) is 28.7. The molecule has 26 heteroatoms. The number of imidazole rings is 1. The molecule has 0 spiro atoms. The van der Waals surface area contributed by atoms with Crippen molar-refractivity contribution in [1.82, 2.24) is 67.7 Å². The Bertz CT molecular complexity index is 2790. The molecule has 79 heavy (non-hydrogen) atoms. The molecule has 2 saturated heterocycles. The molecule has 0 aliphatic carbocycles. The van der Waals surface area contributed by atoms with Crippen molar-refractivity contribution in [1.29, 1.82) is 5.41 Å². The molecule has 9 amide bonds. The first-order valence-electron chi connectivity index (χ1n) is 26.5. The van der Waals surface area contributed by atoms with Crippen LogP contribution < -0.4 is 53.6 Å². The molecule has 8 atom stereocenters. The number of carbonyl (C=O) groups is 9. The van der Waals surface area contributed by atoms with Crippen molar-refractivity contribution in [2.45, 2.75) is 133 Å². The molecule has 26 nitrogen and oxygen atoms in total. The maximum absolute atomic E-state index is 14.6. The number of aliphatic hydroxyl groups is 1. The number of para-hydroxylation sites is 1. The van der Waals surface area contributed by atoms with Crippen molar-refractivity contribution in [3.8, 4) is 5.75 Å². The van der Waals surface area contributed by atoms with Crippen LogP contribution in [0.3, 0.4) is 0 Å². The van der Waals surface area contributed by atoms with E-state index in [9.17, 15) is 53.4 Å². The lowest BCUT2D eigenvalue weighted by Gasteiger charge is -2.30. The fourth-order valence-electron chi connectivity index (χ4n) is 9.55. The van der Waals surface area contributed by atoms with Gasteiger partial charge in [0.2, 0.25) is 53.2 Å². The number of hydrogen-bond donors (Lipinski definition) is 15. The van der Waals surface area contributed by atoms with Gasteiger partial charge in [-0.2, -0.15) is 0 Å². The van der Waals surface area contributed by atoms with Gasteiger partial charge in [0.1, 0.15) is 54.1 Å². The number of benzene rings is 2. The summed E-state index contributed by atoms with van der Waals surface area (Å²) in [5.41, 5.74) is 7.65. The third-order valence-corrected chi connectivity index (χ3v) is 13.6. The zero-order valence-electron chi connectivity index (χ0n) is 44.5. The Kier molecular flexibility index (Phi) is 21.7. The Hall–Kier alpha value is -8.55. The Balaban J connectivity index is 1.23. The van der Waals surface area contributed by atoms with Crippen LogP contribution in [-0.2, 0) is 62.4 Å². The minimum absolute atomic E-state index is 0.0672. The second-order valence-corrected chi connectivity index (χ2v) is 20.1. The van der Waals surface area contributed by atoms with Gasteiger partial charge in [-0.1, -0.05) is 44.2 Å². The zero-order valence-corrected chi connectivity index (χ0v) is 44.5. The number of aromatic hydroxyl groups is 1. The number of nitrogens with zero attached hydrogens (tertiary/aromatic N) is 2. The predicted octanol–water partition coefficient (Wildman–Crippen LogP) is -1.76. The third kappa shape index (κ3) is 17.2. The van der Waals surface area contributed by atoms with Crippen LogP contribution in [0, 0.1) is 11.3 Å². The number of aliphatic hydroxyl groups excluding tert-OH is 1. The number of rotatable bonds is 28. The van der Waals surface area contributed by atoms with Gasteiger partial charge in [0, 0.05) is 68.6 Å². The first-order chi connectivity index (χ1) is 37.8. The Morgan fingerprint density at radius 2 is 1.41 bits per heavy atom. The standard InChI is InChI=1S/C53H73N15O11/c1-4-57-51(78)43-12-8-20-68(43)52(79)37(11-7-19-58-53(54)55)62-46(73)38(21-29(2)3)63-47(74)39(22-30-13-15-33(70)16-14-30)64-50(77)42(27-69)67-48(75)40(23-31-25-59-35-10-6-5-9-34(31)35)65-49(76)41(24-32-26-56-28-60-32)66-45(72)36-17-18-44(71)61-36/h5-6,9-10,13-16,25-26,28-29,36-43,59,69-70H,4,7-8,11-12,17-24,27H2,1-3H3,(H,56,60)(H,57,78)(H,61,71)(H,62,73)(H,63,74)(H,64,77)(H,65,76)(H,66,72)(H,67,75)(H4,54,55,58)/t36-,37-,38+,39-,40-,41-,42-,43-/m0/s1. The predicted molar refractivity (Wildman–Crippen MR) is 288 cm³/mol. The minimum atomic E-state index is -1.73. The monoisotopic (exact) mass is 1100 g/mol. The summed E-state index contributed by atoms with van der Waals surface area (Å²) in [7, 11) is 0. The van der Waals surface area contributed by atoms with E-state index in [0.29, 0.717) is 36.2 Å². The van der Waals surface area contributed by atoms with Crippen molar-refractivity contribution in [3.05, 3.63) is 84.1 Å². The van der Waals surface area contributed by atoms with Crippen molar-refractivity contribution < 1.29 is 53.4 Å². The molecule has 2 aromatic carbocycles. The number of nitrogens with two attached hydrogens (primary N) is 1. The number of aromatic nitrogens is 3. The number of phenols is 1. The van der Waals surface area contributed by atoms with E-state index in [1.807, 2.05) is 26.0 Å². The number of likely N-dealkylation sites (N-methyl/N-ethyl adjacent to an activating group) is 1. The second-order valence-electron chi connectivity index (χ2n) is 20.1. The van der Waals surface area contributed by atoms with Gasteiger partial charge in [0.25, 0.3) is 0 Å². The summed E-state index contributed by atoms with van der Waals surface area (Å²) in [6.07, 6.45) is 5.82. The summed E-state index contributed by atoms with van der Waals surface area (Å²) in [5, 5.41) is 53.1. The summed E-state index contributed by atoms with van der Waals surface area (Å²) < 4.78 is 0. The first kappa shape index (κ1) is 59.7. The van der Waals surface area contributed by atoms with E-state index in [0.717, 1.165) is 10.9 Å². The summed E-state index contributed by atoms with van der Waals surface area (Å²) in [5.74, 6) is -6.71. The molecule has 2 aromatic heterocycles. The molecule has 2 aliphatic heterocycles. The topological polar surface area (TPSA) is 400 Å². The third-order valence-electron chi connectivity index (χ3n) is 13.6. The summed E-state index contributed by atoms with van der Waals surface area (Å²) in [6, 6.07) is 2.92. The van der Waals surface area contributed by atoms with E-state index in [4.69, 9.17) is 11.1 Å².